The molecule has 0 aliphatic heterocycles. The van der Waals surface area contributed by atoms with Crippen LogP contribution in [0.2, 0.25) is 0 Å². The lowest BCUT2D eigenvalue weighted by molar-refractivity contribution is -0.146. The largest absolute Gasteiger partial charge is 0.507 e. The maximum Gasteiger partial charge on any atom is 0.303 e. The average molecular weight is 333 g/mol. The number of hydrogen-bond donors (Lipinski definition) is 2. The second kappa shape index (κ2) is 6.89. The lowest BCUT2D eigenvalue weighted by Gasteiger charge is -2.17. The zero-order valence-electron chi connectivity index (χ0n) is 13.4. The first-order valence-electron chi connectivity index (χ1n) is 7.60. The SMILES string of the molecule is CC(=O)O[C@@H](C(O)=C(C#N)c1nc2ccccc2[nH]1)c1ccccc1. The van der Waals surface area contributed by atoms with Gasteiger partial charge in [-0.05, 0) is 12.1 Å². The highest BCUT2D eigenvalue weighted by atomic mass is 16.6. The number of nitrogens with one attached hydrogen (secondary N) is 1. The highest BCUT2D eigenvalue weighted by molar-refractivity contribution is 5.83. The van der Waals surface area contributed by atoms with Crippen molar-refractivity contribution in [1.29, 1.82) is 5.26 Å². The Morgan fingerprint density at radius 3 is 2.52 bits per heavy atom. The summed E-state index contributed by atoms with van der Waals surface area (Å²) in [6.45, 7) is 1.25. The van der Waals surface area contributed by atoms with Gasteiger partial charge in [0.05, 0.1) is 11.0 Å². The van der Waals surface area contributed by atoms with Crippen LogP contribution in [0.1, 0.15) is 24.4 Å². The molecule has 6 heteroatoms. The number of benzene rings is 2. The minimum atomic E-state index is -1.08. The normalized spacial score (nSPS) is 13.0. The van der Waals surface area contributed by atoms with Gasteiger partial charge in [-0.25, -0.2) is 4.98 Å². The molecule has 0 unspecified atom stereocenters. The van der Waals surface area contributed by atoms with Gasteiger partial charge in [0.15, 0.2) is 17.7 Å². The predicted molar refractivity (Wildman–Crippen MR) is 92.2 cm³/mol. The number of esters is 1. The summed E-state index contributed by atoms with van der Waals surface area (Å²) in [5.41, 5.74) is 1.88. The first kappa shape index (κ1) is 16.3. The maximum absolute atomic E-state index is 11.5. The molecule has 2 aromatic carbocycles. The number of H-pyrrole nitrogens is 1. The summed E-state index contributed by atoms with van der Waals surface area (Å²) in [6.07, 6.45) is -1.08. The third-order valence-corrected chi connectivity index (χ3v) is 3.63. The molecule has 1 heterocycles. The number of carbonyl (C=O) groups excluding carboxylic acids is 1. The van der Waals surface area contributed by atoms with Gasteiger partial charge < -0.3 is 14.8 Å². The van der Waals surface area contributed by atoms with Crippen LogP contribution in [0.15, 0.2) is 60.4 Å². The molecule has 0 amide bonds. The van der Waals surface area contributed by atoms with Crippen molar-refractivity contribution in [3.8, 4) is 6.07 Å². The number of rotatable bonds is 4. The van der Waals surface area contributed by atoms with E-state index in [9.17, 15) is 15.2 Å². The van der Waals surface area contributed by atoms with Crippen molar-refractivity contribution in [2.24, 2.45) is 0 Å². The summed E-state index contributed by atoms with van der Waals surface area (Å²) in [6, 6.07) is 18.0. The first-order valence-corrected chi connectivity index (χ1v) is 7.60. The third kappa shape index (κ3) is 3.35. The summed E-state index contributed by atoms with van der Waals surface area (Å²) in [5.74, 6) is -0.723. The second-order valence-electron chi connectivity index (χ2n) is 5.37. The van der Waals surface area contributed by atoms with Crippen molar-refractivity contribution in [1.82, 2.24) is 9.97 Å². The molecule has 0 bridgehead atoms. The number of hydrogen-bond acceptors (Lipinski definition) is 5. The van der Waals surface area contributed by atoms with Crippen LogP contribution in [-0.4, -0.2) is 21.0 Å². The van der Waals surface area contributed by atoms with Gasteiger partial charge in [0.2, 0.25) is 0 Å². The van der Waals surface area contributed by atoms with E-state index in [1.165, 1.54) is 6.92 Å². The maximum atomic E-state index is 11.5. The molecule has 3 rings (SSSR count). The first-order chi connectivity index (χ1) is 12.1. The van der Waals surface area contributed by atoms with Crippen LogP contribution in [0.25, 0.3) is 16.6 Å². The van der Waals surface area contributed by atoms with Crippen molar-refractivity contribution >= 4 is 22.6 Å². The van der Waals surface area contributed by atoms with E-state index in [1.54, 1.807) is 36.4 Å². The number of aromatic amines is 1. The molecule has 0 aliphatic carbocycles. The number of nitriles is 1. The molecule has 25 heavy (non-hydrogen) atoms. The lowest BCUT2D eigenvalue weighted by Crippen LogP contribution is -2.12. The van der Waals surface area contributed by atoms with Crippen LogP contribution in [-0.2, 0) is 9.53 Å². The van der Waals surface area contributed by atoms with Gasteiger partial charge in [0, 0.05) is 12.5 Å². The number of imidazole rings is 1. The lowest BCUT2D eigenvalue weighted by atomic mass is 10.0. The van der Waals surface area contributed by atoms with Gasteiger partial charge in [-0.1, -0.05) is 42.5 Å². The van der Waals surface area contributed by atoms with Crippen LogP contribution < -0.4 is 0 Å². The monoisotopic (exact) mass is 333 g/mol. The molecule has 0 fully saturated rings. The highest BCUT2D eigenvalue weighted by Crippen LogP contribution is 2.30. The molecular weight excluding hydrogens is 318 g/mol. The van der Waals surface area contributed by atoms with E-state index < -0.39 is 12.1 Å². The molecule has 3 aromatic rings. The number of allylic oxidation sites excluding steroid dienone is 1. The molecule has 0 radical (unpaired) electrons. The van der Waals surface area contributed by atoms with E-state index in [4.69, 9.17) is 4.74 Å². The number of aromatic nitrogens is 2. The Balaban J connectivity index is 2.12. The van der Waals surface area contributed by atoms with E-state index in [1.807, 2.05) is 24.3 Å². The topological polar surface area (TPSA) is 99.0 Å². The smallest absolute Gasteiger partial charge is 0.303 e. The van der Waals surface area contributed by atoms with E-state index in [0.29, 0.717) is 11.1 Å². The fourth-order valence-electron chi connectivity index (χ4n) is 2.51. The van der Waals surface area contributed by atoms with Crippen LogP contribution >= 0.6 is 0 Å². The molecule has 0 saturated heterocycles. The number of nitrogens with zero attached hydrogens (tertiary/aromatic N) is 2. The van der Waals surface area contributed by atoms with Gasteiger partial charge >= 0.3 is 5.97 Å². The number of para-hydroxylation sites is 2. The van der Waals surface area contributed by atoms with Crippen molar-refractivity contribution in [2.45, 2.75) is 13.0 Å². The van der Waals surface area contributed by atoms with Gasteiger partial charge in [0.1, 0.15) is 11.6 Å². The molecule has 0 spiro atoms. The Bertz CT molecular complexity index is 951. The summed E-state index contributed by atoms with van der Waals surface area (Å²) in [4.78, 5) is 18.8. The van der Waals surface area contributed by atoms with E-state index in [-0.39, 0.29) is 17.2 Å². The van der Waals surface area contributed by atoms with Crippen LogP contribution in [0.5, 0.6) is 0 Å². The zero-order valence-corrected chi connectivity index (χ0v) is 13.4. The Morgan fingerprint density at radius 1 is 1.20 bits per heavy atom. The average Bonchev–Trinajstić information content (AvgIpc) is 3.04. The Kier molecular flexibility index (Phi) is 4.48. The molecule has 0 saturated carbocycles. The molecular formula is C19H15N3O3. The minimum Gasteiger partial charge on any atom is -0.507 e. The molecule has 2 N–H and O–H groups in total. The Labute approximate surface area is 144 Å². The Morgan fingerprint density at radius 2 is 1.88 bits per heavy atom. The molecule has 6 nitrogen and oxygen atoms in total. The van der Waals surface area contributed by atoms with Crippen molar-refractivity contribution < 1.29 is 14.6 Å². The standard InChI is InChI=1S/C19H15N3O3/c1-12(23)25-18(13-7-3-2-4-8-13)17(24)14(11-20)19-21-15-9-5-6-10-16(15)22-19/h2-10,18,24H,1H3,(H,21,22)/t18-/m1/s1. The molecule has 1 atom stereocenters. The van der Waals surface area contributed by atoms with Gasteiger partial charge in [-0.3, -0.25) is 4.79 Å². The van der Waals surface area contributed by atoms with Crippen molar-refractivity contribution in [3.05, 3.63) is 71.7 Å². The summed E-state index contributed by atoms with van der Waals surface area (Å²) in [7, 11) is 0. The van der Waals surface area contributed by atoms with E-state index in [0.717, 1.165) is 5.52 Å². The number of carbonyl (C=O) groups is 1. The van der Waals surface area contributed by atoms with Crippen molar-refractivity contribution in [2.75, 3.05) is 0 Å². The van der Waals surface area contributed by atoms with Gasteiger partial charge in [-0.15, -0.1) is 0 Å². The Hall–Kier alpha value is -3.59. The van der Waals surface area contributed by atoms with Crippen molar-refractivity contribution in [3.63, 3.8) is 0 Å². The van der Waals surface area contributed by atoms with Gasteiger partial charge in [-0.2, -0.15) is 5.26 Å². The van der Waals surface area contributed by atoms with Crippen LogP contribution in [0.3, 0.4) is 0 Å². The number of fused-ring (bicyclic) bond motifs is 1. The third-order valence-electron chi connectivity index (χ3n) is 3.63. The van der Waals surface area contributed by atoms with Gasteiger partial charge in [0.25, 0.3) is 0 Å². The number of aliphatic hydroxyl groups excluding tert-OH is 1. The minimum absolute atomic E-state index is 0.0775. The summed E-state index contributed by atoms with van der Waals surface area (Å²) < 4.78 is 5.24. The summed E-state index contributed by atoms with van der Waals surface area (Å²) in [5, 5.41) is 20.2. The fourth-order valence-corrected chi connectivity index (χ4v) is 2.51. The quantitative estimate of drug-likeness (QED) is 0.431. The molecule has 124 valence electrons. The second-order valence-corrected chi connectivity index (χ2v) is 5.37. The number of aliphatic hydroxyl groups is 1. The summed E-state index contributed by atoms with van der Waals surface area (Å²) >= 11 is 0. The van der Waals surface area contributed by atoms with Crippen LogP contribution in [0.4, 0.5) is 0 Å². The zero-order chi connectivity index (χ0) is 17.8. The van der Waals surface area contributed by atoms with E-state index in [2.05, 4.69) is 9.97 Å². The molecule has 1 aromatic heterocycles. The predicted octanol–water partition coefficient (Wildman–Crippen LogP) is 3.66. The van der Waals surface area contributed by atoms with Crippen LogP contribution in [0, 0.1) is 11.3 Å². The molecule has 0 aliphatic rings. The van der Waals surface area contributed by atoms with E-state index >= 15 is 0 Å². The number of ether oxygens (including phenoxy) is 1. The fraction of sp³-hybridized carbons (Fsp3) is 0.105. The highest BCUT2D eigenvalue weighted by Gasteiger charge is 2.25.